The number of phenols is 1. The number of aromatic hydroxyl groups is 1. The Morgan fingerprint density at radius 1 is 1.15 bits per heavy atom. The van der Waals surface area contributed by atoms with Crippen LogP contribution in [0.15, 0.2) is 47.6 Å². The molecule has 2 aromatic carbocycles. The second kappa shape index (κ2) is 8.43. The van der Waals surface area contributed by atoms with Crippen molar-refractivity contribution in [2.24, 2.45) is 5.10 Å². The molecule has 1 aliphatic rings. The van der Waals surface area contributed by atoms with E-state index in [2.05, 4.69) is 16.0 Å². The van der Waals surface area contributed by atoms with Gasteiger partial charge >= 0.3 is 0 Å². The SMILES string of the molecule is COc1cc(/C(C)=N\N2CCN(Cc3ccccc3Cl)CC2)ccc1O. The molecular weight excluding hydrogens is 350 g/mol. The number of ether oxygens (including phenoxy) is 1. The van der Waals surface area contributed by atoms with E-state index in [9.17, 15) is 5.11 Å². The first-order valence-corrected chi connectivity index (χ1v) is 9.08. The molecule has 138 valence electrons. The zero-order chi connectivity index (χ0) is 18.5. The van der Waals surface area contributed by atoms with Crippen LogP contribution in [-0.4, -0.2) is 54.0 Å². The lowest BCUT2D eigenvalue weighted by Crippen LogP contribution is -2.43. The Hall–Kier alpha value is -2.24. The number of benzene rings is 2. The molecule has 26 heavy (non-hydrogen) atoms. The highest BCUT2D eigenvalue weighted by atomic mass is 35.5. The molecule has 5 nitrogen and oxygen atoms in total. The molecule has 0 bridgehead atoms. The number of halogens is 1. The van der Waals surface area contributed by atoms with Crippen molar-refractivity contribution in [3.05, 3.63) is 58.6 Å². The lowest BCUT2D eigenvalue weighted by molar-refractivity contribution is 0.130. The Labute approximate surface area is 159 Å². The number of hydrazone groups is 1. The number of nitrogens with zero attached hydrogens (tertiary/aromatic N) is 3. The molecule has 1 heterocycles. The Kier molecular flexibility index (Phi) is 6.01. The molecule has 0 atom stereocenters. The molecule has 2 aromatic rings. The normalized spacial score (nSPS) is 16.0. The molecule has 1 saturated heterocycles. The van der Waals surface area contributed by atoms with Gasteiger partial charge in [0.15, 0.2) is 11.5 Å². The predicted molar refractivity (Wildman–Crippen MR) is 105 cm³/mol. The van der Waals surface area contributed by atoms with Gasteiger partial charge in [0.05, 0.1) is 12.8 Å². The van der Waals surface area contributed by atoms with Gasteiger partial charge in [0, 0.05) is 43.3 Å². The standard InChI is InChI=1S/C20H24ClN3O2/c1-15(16-7-8-19(25)20(13-16)26-2)22-24-11-9-23(10-12-24)14-17-5-3-4-6-18(17)21/h3-8,13,25H,9-12,14H2,1-2H3/b22-15-. The fraction of sp³-hybridized carbons (Fsp3) is 0.350. The van der Waals surface area contributed by atoms with E-state index in [0.29, 0.717) is 5.75 Å². The number of rotatable bonds is 5. The first-order chi connectivity index (χ1) is 12.6. The van der Waals surface area contributed by atoms with E-state index in [0.717, 1.165) is 49.0 Å². The summed E-state index contributed by atoms with van der Waals surface area (Å²) in [7, 11) is 1.55. The van der Waals surface area contributed by atoms with Gasteiger partial charge in [0.2, 0.25) is 0 Å². The molecule has 6 heteroatoms. The minimum Gasteiger partial charge on any atom is -0.504 e. The second-order valence-electron chi connectivity index (χ2n) is 6.39. The number of hydrogen-bond donors (Lipinski definition) is 1. The van der Waals surface area contributed by atoms with Crippen molar-refractivity contribution in [2.45, 2.75) is 13.5 Å². The van der Waals surface area contributed by atoms with E-state index in [1.165, 1.54) is 5.56 Å². The molecule has 1 aliphatic heterocycles. The van der Waals surface area contributed by atoms with Crippen LogP contribution >= 0.6 is 11.6 Å². The van der Waals surface area contributed by atoms with Crippen LogP contribution in [0.2, 0.25) is 5.02 Å². The second-order valence-corrected chi connectivity index (χ2v) is 6.80. The average molecular weight is 374 g/mol. The molecular formula is C20H24ClN3O2. The van der Waals surface area contributed by atoms with Crippen LogP contribution in [0.25, 0.3) is 0 Å². The number of methoxy groups -OCH3 is 1. The van der Waals surface area contributed by atoms with E-state index < -0.39 is 0 Å². The summed E-state index contributed by atoms with van der Waals surface area (Å²) >= 11 is 6.26. The summed E-state index contributed by atoms with van der Waals surface area (Å²) in [6, 6.07) is 13.3. The van der Waals surface area contributed by atoms with Crippen LogP contribution in [0.3, 0.4) is 0 Å². The highest BCUT2D eigenvalue weighted by molar-refractivity contribution is 6.31. The summed E-state index contributed by atoms with van der Waals surface area (Å²) in [5, 5.41) is 17.4. The predicted octanol–water partition coefficient (Wildman–Crippen LogP) is 3.60. The zero-order valence-corrected chi connectivity index (χ0v) is 15.9. The van der Waals surface area contributed by atoms with E-state index in [1.54, 1.807) is 13.2 Å². The van der Waals surface area contributed by atoms with Gasteiger partial charge in [-0.1, -0.05) is 29.8 Å². The smallest absolute Gasteiger partial charge is 0.161 e. The third-order valence-corrected chi connectivity index (χ3v) is 4.96. The van der Waals surface area contributed by atoms with Crippen molar-refractivity contribution in [1.82, 2.24) is 9.91 Å². The van der Waals surface area contributed by atoms with E-state index in [1.807, 2.05) is 37.3 Å². The molecule has 0 spiro atoms. The monoisotopic (exact) mass is 373 g/mol. The summed E-state index contributed by atoms with van der Waals surface area (Å²) in [5.74, 6) is 0.596. The highest BCUT2D eigenvalue weighted by Gasteiger charge is 2.17. The van der Waals surface area contributed by atoms with Crippen LogP contribution < -0.4 is 4.74 Å². The summed E-state index contributed by atoms with van der Waals surface area (Å²) in [4.78, 5) is 2.39. The Bertz CT molecular complexity index is 786. The van der Waals surface area contributed by atoms with Gasteiger partial charge in [0.1, 0.15) is 0 Å². The molecule has 1 fully saturated rings. The molecule has 0 aromatic heterocycles. The average Bonchev–Trinajstić information content (AvgIpc) is 2.65. The fourth-order valence-electron chi connectivity index (χ4n) is 3.04. The van der Waals surface area contributed by atoms with Crippen molar-refractivity contribution in [3.8, 4) is 11.5 Å². The summed E-state index contributed by atoms with van der Waals surface area (Å²) in [5.41, 5.74) is 3.01. The summed E-state index contributed by atoms with van der Waals surface area (Å²) in [6.45, 7) is 6.48. The van der Waals surface area contributed by atoms with Crippen molar-refractivity contribution in [2.75, 3.05) is 33.3 Å². The Morgan fingerprint density at radius 2 is 1.88 bits per heavy atom. The van der Waals surface area contributed by atoms with Gasteiger partial charge in [-0.05, 0) is 36.8 Å². The fourth-order valence-corrected chi connectivity index (χ4v) is 3.23. The molecule has 0 saturated carbocycles. The van der Waals surface area contributed by atoms with Crippen molar-refractivity contribution in [1.29, 1.82) is 0 Å². The van der Waals surface area contributed by atoms with Gasteiger partial charge in [-0.15, -0.1) is 0 Å². The maximum absolute atomic E-state index is 9.72. The maximum Gasteiger partial charge on any atom is 0.161 e. The van der Waals surface area contributed by atoms with Gasteiger partial charge < -0.3 is 9.84 Å². The molecule has 0 amide bonds. The summed E-state index contributed by atoms with van der Waals surface area (Å²) < 4.78 is 5.17. The van der Waals surface area contributed by atoms with Gasteiger partial charge in [0.25, 0.3) is 0 Å². The van der Waals surface area contributed by atoms with Crippen molar-refractivity contribution < 1.29 is 9.84 Å². The largest absolute Gasteiger partial charge is 0.504 e. The molecule has 0 radical (unpaired) electrons. The van der Waals surface area contributed by atoms with Gasteiger partial charge in [-0.3, -0.25) is 9.91 Å². The molecule has 0 unspecified atom stereocenters. The lowest BCUT2D eigenvalue weighted by Gasteiger charge is -2.33. The maximum atomic E-state index is 9.72. The lowest BCUT2D eigenvalue weighted by atomic mass is 10.1. The molecule has 3 rings (SSSR count). The van der Waals surface area contributed by atoms with E-state index in [-0.39, 0.29) is 5.75 Å². The van der Waals surface area contributed by atoms with Gasteiger partial charge in [-0.25, -0.2) is 0 Å². The van der Waals surface area contributed by atoms with E-state index >= 15 is 0 Å². The molecule has 0 aliphatic carbocycles. The highest BCUT2D eigenvalue weighted by Crippen LogP contribution is 2.26. The third kappa shape index (κ3) is 4.48. The Morgan fingerprint density at radius 3 is 2.58 bits per heavy atom. The van der Waals surface area contributed by atoms with Crippen LogP contribution in [0.1, 0.15) is 18.1 Å². The molecule has 1 N–H and O–H groups in total. The first kappa shape index (κ1) is 18.5. The minimum atomic E-state index is 0.136. The zero-order valence-electron chi connectivity index (χ0n) is 15.2. The van der Waals surface area contributed by atoms with Crippen LogP contribution in [0.5, 0.6) is 11.5 Å². The van der Waals surface area contributed by atoms with Crippen molar-refractivity contribution in [3.63, 3.8) is 0 Å². The van der Waals surface area contributed by atoms with Crippen molar-refractivity contribution >= 4 is 17.3 Å². The van der Waals surface area contributed by atoms with Crippen LogP contribution in [0, 0.1) is 0 Å². The third-order valence-electron chi connectivity index (χ3n) is 4.59. The summed E-state index contributed by atoms with van der Waals surface area (Å²) in [6.07, 6.45) is 0. The topological polar surface area (TPSA) is 48.3 Å². The van der Waals surface area contributed by atoms with E-state index in [4.69, 9.17) is 21.4 Å². The van der Waals surface area contributed by atoms with Crippen LogP contribution in [-0.2, 0) is 6.54 Å². The quantitative estimate of drug-likeness (QED) is 0.813. The van der Waals surface area contributed by atoms with Gasteiger partial charge in [-0.2, -0.15) is 5.10 Å². The minimum absolute atomic E-state index is 0.136. The Balaban J connectivity index is 1.59. The first-order valence-electron chi connectivity index (χ1n) is 8.70. The number of piperazine rings is 1. The number of phenolic OH excluding ortho intramolecular Hbond substituents is 1. The number of hydrogen-bond acceptors (Lipinski definition) is 5. The van der Waals surface area contributed by atoms with Crippen LogP contribution in [0.4, 0.5) is 0 Å².